The van der Waals surface area contributed by atoms with Crippen LogP contribution in [0.5, 0.6) is 11.5 Å². The number of anilines is 2. The molecule has 6 nitrogen and oxygen atoms in total. The molecule has 2 aliphatic heterocycles. The van der Waals surface area contributed by atoms with E-state index in [2.05, 4.69) is 4.90 Å². The lowest BCUT2D eigenvalue weighted by Crippen LogP contribution is -2.38. The van der Waals surface area contributed by atoms with Crippen LogP contribution >= 0.6 is 0 Å². The van der Waals surface area contributed by atoms with Crippen molar-refractivity contribution < 1.29 is 28.2 Å². The third kappa shape index (κ3) is 7.78. The van der Waals surface area contributed by atoms with E-state index in [4.69, 9.17) is 19.4 Å². The summed E-state index contributed by atoms with van der Waals surface area (Å²) in [5.41, 5.74) is 1.46. The number of piperidine rings is 1. The van der Waals surface area contributed by atoms with Gasteiger partial charge in [0.05, 0.1) is 12.8 Å². The van der Waals surface area contributed by atoms with Gasteiger partial charge < -0.3 is 24.4 Å². The number of halogens is 2. The molecule has 2 aliphatic rings. The van der Waals surface area contributed by atoms with Crippen LogP contribution in [0.2, 0.25) is 0 Å². The van der Waals surface area contributed by atoms with E-state index in [0.29, 0.717) is 43.1 Å². The molecule has 4 rings (SSSR count). The summed E-state index contributed by atoms with van der Waals surface area (Å²) in [6.07, 6.45) is 3.67. The molecule has 0 spiro atoms. The number of nitrogens with zero attached hydrogens (tertiary/aromatic N) is 2. The highest BCUT2D eigenvalue weighted by Crippen LogP contribution is 2.31. The Hall–Kier alpha value is -3.03. The molecule has 0 radical (unpaired) electrons. The summed E-state index contributed by atoms with van der Waals surface area (Å²) in [6.45, 7) is 8.36. The van der Waals surface area contributed by atoms with Crippen LogP contribution in [0, 0.1) is 11.6 Å². The first kappa shape index (κ1) is 27.2. The Balaban J connectivity index is 0.000000618. The first-order valence-electron chi connectivity index (χ1n) is 11.9. The zero-order valence-corrected chi connectivity index (χ0v) is 20.5. The monoisotopic (exact) mass is 478 g/mol. The minimum Gasteiger partial charge on any atom is -0.497 e. The molecule has 2 saturated heterocycles. The second kappa shape index (κ2) is 13.6. The topological polar surface area (TPSA) is 62.2 Å². The average molecular weight is 479 g/mol. The number of ether oxygens (including phenoxy) is 2. The van der Waals surface area contributed by atoms with Gasteiger partial charge in [-0.05, 0) is 37.1 Å². The molecule has 0 aromatic heterocycles. The number of carboxylic acids is 1. The molecule has 0 saturated carbocycles. The van der Waals surface area contributed by atoms with Crippen LogP contribution in [0.1, 0.15) is 46.5 Å². The fourth-order valence-electron chi connectivity index (χ4n) is 4.01. The second-order valence-corrected chi connectivity index (χ2v) is 7.95. The van der Waals surface area contributed by atoms with Gasteiger partial charge in [0.15, 0.2) is 11.6 Å². The number of hydrogen-bond acceptors (Lipinski definition) is 5. The van der Waals surface area contributed by atoms with Gasteiger partial charge in [-0.2, -0.15) is 0 Å². The lowest BCUT2D eigenvalue weighted by Gasteiger charge is -2.34. The number of hydrogen-bond donors (Lipinski definition) is 1. The predicted octanol–water partition coefficient (Wildman–Crippen LogP) is 5.74. The minimum absolute atomic E-state index is 0.0722. The molecule has 0 amide bonds. The number of carbonyl (C=O) groups is 1. The number of rotatable bonds is 5. The molecule has 8 heteroatoms. The van der Waals surface area contributed by atoms with E-state index in [9.17, 15) is 8.78 Å². The first-order chi connectivity index (χ1) is 16.4. The van der Waals surface area contributed by atoms with Crippen LogP contribution in [0.4, 0.5) is 20.2 Å². The van der Waals surface area contributed by atoms with Crippen LogP contribution in [-0.4, -0.2) is 50.5 Å². The Bertz CT molecular complexity index is 908. The molecular formula is C26H36F2N2O4. The average Bonchev–Trinajstić information content (AvgIpc) is 3.37. The van der Waals surface area contributed by atoms with Crippen LogP contribution in [0.3, 0.4) is 0 Å². The zero-order valence-electron chi connectivity index (χ0n) is 20.5. The highest BCUT2D eigenvalue weighted by molar-refractivity contribution is 5.63. The Kier molecular flexibility index (Phi) is 10.9. The Morgan fingerprint density at radius 1 is 0.941 bits per heavy atom. The van der Waals surface area contributed by atoms with E-state index >= 15 is 0 Å². The molecule has 1 N–H and O–H groups in total. The standard InChI is InChI=1S/C22H26F2N2O2.C2H4O2.C2H6/c1-27-18-5-6-19(23)21(15-18)26-12-8-17(9-13-26)28-22-7-4-16(14-20(22)24)25-10-2-3-11-25;1-2(3)4;1-2/h4-7,14-15,17H,2-3,8-13H2,1H3;1H3,(H,3,4);1-2H3. The van der Waals surface area contributed by atoms with Crippen molar-refractivity contribution in [2.75, 3.05) is 43.1 Å². The van der Waals surface area contributed by atoms with Gasteiger partial charge in [0.25, 0.3) is 5.97 Å². The highest BCUT2D eigenvalue weighted by atomic mass is 19.1. The highest BCUT2D eigenvalue weighted by Gasteiger charge is 2.24. The van der Waals surface area contributed by atoms with Gasteiger partial charge in [-0.3, -0.25) is 4.79 Å². The number of carboxylic acid groups (broad SMARTS) is 1. The first-order valence-corrected chi connectivity index (χ1v) is 11.9. The van der Waals surface area contributed by atoms with E-state index in [1.54, 1.807) is 31.4 Å². The molecule has 2 aromatic carbocycles. The fourth-order valence-corrected chi connectivity index (χ4v) is 4.01. The Morgan fingerprint density at radius 3 is 2.12 bits per heavy atom. The maximum absolute atomic E-state index is 14.5. The predicted molar refractivity (Wildman–Crippen MR) is 131 cm³/mol. The molecule has 0 unspecified atom stereocenters. The van der Waals surface area contributed by atoms with Crippen molar-refractivity contribution in [2.24, 2.45) is 0 Å². The maximum Gasteiger partial charge on any atom is 0.300 e. The summed E-state index contributed by atoms with van der Waals surface area (Å²) < 4.78 is 39.8. The second-order valence-electron chi connectivity index (χ2n) is 7.95. The third-order valence-electron chi connectivity index (χ3n) is 5.62. The van der Waals surface area contributed by atoms with Crippen molar-refractivity contribution in [2.45, 2.75) is 52.6 Å². The quantitative estimate of drug-likeness (QED) is 0.592. The van der Waals surface area contributed by atoms with Crippen molar-refractivity contribution in [3.8, 4) is 11.5 Å². The van der Waals surface area contributed by atoms with Crippen molar-refractivity contribution in [1.82, 2.24) is 0 Å². The van der Waals surface area contributed by atoms with Crippen molar-refractivity contribution in [3.63, 3.8) is 0 Å². The summed E-state index contributed by atoms with van der Waals surface area (Å²) in [5, 5.41) is 7.42. The molecule has 34 heavy (non-hydrogen) atoms. The van der Waals surface area contributed by atoms with Gasteiger partial charge in [-0.15, -0.1) is 0 Å². The van der Waals surface area contributed by atoms with Gasteiger partial charge in [0.1, 0.15) is 17.7 Å². The molecular weight excluding hydrogens is 442 g/mol. The lowest BCUT2D eigenvalue weighted by molar-refractivity contribution is -0.134. The number of methoxy groups -OCH3 is 1. The fraction of sp³-hybridized carbons (Fsp3) is 0.500. The molecule has 2 aromatic rings. The smallest absolute Gasteiger partial charge is 0.300 e. The summed E-state index contributed by atoms with van der Waals surface area (Å²) in [7, 11) is 1.57. The van der Waals surface area contributed by atoms with Crippen LogP contribution in [0.25, 0.3) is 0 Å². The maximum atomic E-state index is 14.5. The Labute approximate surface area is 201 Å². The number of aliphatic carboxylic acids is 1. The van der Waals surface area contributed by atoms with Gasteiger partial charge >= 0.3 is 0 Å². The molecule has 0 aliphatic carbocycles. The van der Waals surface area contributed by atoms with Gasteiger partial charge in [0, 0.05) is 63.8 Å². The van der Waals surface area contributed by atoms with Crippen LogP contribution < -0.4 is 19.3 Å². The van der Waals surface area contributed by atoms with Gasteiger partial charge in [-0.25, -0.2) is 8.78 Å². The van der Waals surface area contributed by atoms with E-state index < -0.39 is 5.97 Å². The molecule has 0 bridgehead atoms. The van der Waals surface area contributed by atoms with Crippen molar-refractivity contribution in [3.05, 3.63) is 48.0 Å². The molecule has 0 atom stereocenters. The van der Waals surface area contributed by atoms with Gasteiger partial charge in [-0.1, -0.05) is 13.8 Å². The van der Waals surface area contributed by atoms with E-state index in [1.807, 2.05) is 24.8 Å². The van der Waals surface area contributed by atoms with E-state index in [1.165, 1.54) is 6.07 Å². The summed E-state index contributed by atoms with van der Waals surface area (Å²) in [4.78, 5) is 13.2. The van der Waals surface area contributed by atoms with Crippen molar-refractivity contribution in [1.29, 1.82) is 0 Å². The van der Waals surface area contributed by atoms with Gasteiger partial charge in [0.2, 0.25) is 0 Å². The van der Waals surface area contributed by atoms with Crippen LogP contribution in [-0.2, 0) is 4.79 Å². The normalized spacial score (nSPS) is 15.6. The SMILES string of the molecule is CC.CC(=O)O.COc1ccc(F)c(N2CCC(Oc3ccc(N4CCCC4)cc3F)CC2)c1. The third-order valence-corrected chi connectivity index (χ3v) is 5.62. The molecule has 2 heterocycles. The summed E-state index contributed by atoms with van der Waals surface area (Å²) >= 11 is 0. The Morgan fingerprint density at radius 2 is 1.56 bits per heavy atom. The molecule has 2 fully saturated rings. The molecule has 188 valence electrons. The zero-order chi connectivity index (χ0) is 25.1. The number of benzene rings is 2. The van der Waals surface area contributed by atoms with E-state index in [-0.39, 0.29) is 17.7 Å². The summed E-state index contributed by atoms with van der Waals surface area (Å²) in [6, 6.07) is 9.99. The van der Waals surface area contributed by atoms with Crippen LogP contribution in [0.15, 0.2) is 36.4 Å². The lowest BCUT2D eigenvalue weighted by atomic mass is 10.1. The van der Waals surface area contributed by atoms with Crippen molar-refractivity contribution >= 4 is 17.3 Å². The summed E-state index contributed by atoms with van der Waals surface area (Å²) in [5.74, 6) is -0.474. The largest absolute Gasteiger partial charge is 0.497 e. The van der Waals surface area contributed by atoms with E-state index in [0.717, 1.165) is 38.5 Å². The minimum atomic E-state index is -0.833.